The molecule has 5 heteroatoms. The monoisotopic (exact) mass is 493 g/mol. The molecular formula is C32H31NO4. The van der Waals surface area contributed by atoms with E-state index in [1.54, 1.807) is 6.07 Å². The van der Waals surface area contributed by atoms with Gasteiger partial charge in [-0.05, 0) is 63.1 Å². The predicted octanol–water partition coefficient (Wildman–Crippen LogP) is 7.52. The van der Waals surface area contributed by atoms with Crippen molar-refractivity contribution in [3.8, 4) is 28.3 Å². The first-order valence-electron chi connectivity index (χ1n) is 12.7. The van der Waals surface area contributed by atoms with Crippen LogP contribution >= 0.6 is 0 Å². The molecule has 1 heterocycles. The number of oxazole rings is 1. The highest BCUT2D eigenvalue weighted by Crippen LogP contribution is 2.40. The molecule has 3 aromatic carbocycles. The van der Waals surface area contributed by atoms with Crippen molar-refractivity contribution in [2.45, 2.75) is 39.5 Å². The van der Waals surface area contributed by atoms with Crippen molar-refractivity contribution in [3.63, 3.8) is 0 Å². The van der Waals surface area contributed by atoms with Gasteiger partial charge in [-0.3, -0.25) is 0 Å². The van der Waals surface area contributed by atoms with Crippen molar-refractivity contribution in [1.82, 2.24) is 4.98 Å². The number of benzene rings is 3. The quantitative estimate of drug-likeness (QED) is 0.275. The molecular weight excluding hydrogens is 462 g/mol. The van der Waals surface area contributed by atoms with E-state index >= 15 is 0 Å². The fourth-order valence-electron chi connectivity index (χ4n) is 4.86. The molecule has 1 aliphatic carbocycles. The second-order valence-corrected chi connectivity index (χ2v) is 9.75. The molecule has 1 N–H and O–H groups in total. The Morgan fingerprint density at radius 3 is 2.41 bits per heavy atom. The number of carbonyl (C=O) groups is 1. The molecule has 0 bridgehead atoms. The molecule has 0 aliphatic heterocycles. The summed E-state index contributed by atoms with van der Waals surface area (Å²) in [6.45, 7) is 3.81. The van der Waals surface area contributed by atoms with Crippen LogP contribution in [0.4, 0.5) is 0 Å². The van der Waals surface area contributed by atoms with E-state index in [2.05, 4.69) is 74.5 Å². The van der Waals surface area contributed by atoms with Crippen LogP contribution in [0.15, 0.2) is 83.3 Å². The second kappa shape index (κ2) is 10.9. The lowest BCUT2D eigenvalue weighted by atomic mass is 9.83. The molecule has 0 saturated carbocycles. The van der Waals surface area contributed by atoms with Gasteiger partial charge in [0.1, 0.15) is 11.4 Å². The average Bonchev–Trinajstić information content (AvgIpc) is 3.34. The number of rotatable bonds is 8. The number of ether oxygens (including phenoxy) is 1. The van der Waals surface area contributed by atoms with Crippen LogP contribution in [0, 0.1) is 19.8 Å². The fourth-order valence-corrected chi connectivity index (χ4v) is 4.86. The van der Waals surface area contributed by atoms with Gasteiger partial charge in [-0.2, -0.15) is 0 Å². The van der Waals surface area contributed by atoms with Gasteiger partial charge in [0.2, 0.25) is 5.89 Å². The molecule has 4 aromatic rings. The van der Waals surface area contributed by atoms with Gasteiger partial charge in [0, 0.05) is 16.7 Å². The van der Waals surface area contributed by atoms with E-state index in [1.165, 1.54) is 11.1 Å². The Balaban J connectivity index is 1.48. The second-order valence-electron chi connectivity index (χ2n) is 9.75. The van der Waals surface area contributed by atoms with Crippen LogP contribution in [0.2, 0.25) is 0 Å². The number of aromatic nitrogens is 1. The summed E-state index contributed by atoms with van der Waals surface area (Å²) in [6.07, 6.45) is 6.21. The fraction of sp³-hybridized carbons (Fsp3) is 0.250. The van der Waals surface area contributed by atoms with Crippen LogP contribution in [0.5, 0.6) is 5.75 Å². The molecule has 1 atom stereocenters. The SMILES string of the molecule is Cc1ccc(-c2nc(C3=CCCCC3Cc3cccc(OCC(=O)O)c3)oc2-c2ccc(C)cc2)cc1. The lowest BCUT2D eigenvalue weighted by Gasteiger charge is -2.22. The minimum absolute atomic E-state index is 0.249. The molecule has 5 rings (SSSR count). The molecule has 0 spiro atoms. The lowest BCUT2D eigenvalue weighted by molar-refractivity contribution is -0.139. The molecule has 1 aliphatic rings. The van der Waals surface area contributed by atoms with Crippen molar-refractivity contribution in [1.29, 1.82) is 0 Å². The van der Waals surface area contributed by atoms with Gasteiger partial charge >= 0.3 is 5.97 Å². The van der Waals surface area contributed by atoms with Crippen LogP contribution in [0.1, 0.15) is 41.8 Å². The van der Waals surface area contributed by atoms with E-state index in [0.717, 1.165) is 59.4 Å². The summed E-state index contributed by atoms with van der Waals surface area (Å²) in [6, 6.07) is 24.5. The molecule has 0 radical (unpaired) electrons. The van der Waals surface area contributed by atoms with Gasteiger partial charge in [-0.25, -0.2) is 9.78 Å². The first kappa shape index (κ1) is 24.6. The minimum Gasteiger partial charge on any atom is -0.482 e. The molecule has 1 aromatic heterocycles. The molecule has 37 heavy (non-hydrogen) atoms. The van der Waals surface area contributed by atoms with Gasteiger partial charge in [-0.15, -0.1) is 0 Å². The lowest BCUT2D eigenvalue weighted by Crippen LogP contribution is -2.12. The van der Waals surface area contributed by atoms with Crippen LogP contribution in [-0.2, 0) is 11.2 Å². The number of nitrogens with zero attached hydrogens (tertiary/aromatic N) is 1. The zero-order chi connectivity index (χ0) is 25.8. The standard InChI is InChI=1S/C32H31NO4/c1-21-10-14-24(15-11-21)30-31(25-16-12-22(2)13-17-25)37-32(33-30)28-9-4-3-7-26(28)18-23-6-5-8-27(19-23)36-20-29(34)35/h5-6,8-17,19,26H,3-4,7,18,20H2,1-2H3,(H,34,35). The normalized spacial score (nSPS) is 15.3. The molecule has 5 nitrogen and oxygen atoms in total. The van der Waals surface area contributed by atoms with E-state index in [4.69, 9.17) is 19.2 Å². The molecule has 0 amide bonds. The first-order valence-corrected chi connectivity index (χ1v) is 12.7. The third-order valence-corrected chi connectivity index (χ3v) is 6.82. The van der Waals surface area contributed by atoms with E-state index in [-0.39, 0.29) is 12.5 Å². The Bertz CT molecular complexity index is 1350. The van der Waals surface area contributed by atoms with E-state index in [9.17, 15) is 4.79 Å². The zero-order valence-corrected chi connectivity index (χ0v) is 21.2. The summed E-state index contributed by atoms with van der Waals surface area (Å²) < 4.78 is 11.9. The van der Waals surface area contributed by atoms with Crippen molar-refractivity contribution in [3.05, 3.63) is 101 Å². The van der Waals surface area contributed by atoms with E-state index in [0.29, 0.717) is 11.6 Å². The van der Waals surface area contributed by atoms with Gasteiger partial charge in [0.15, 0.2) is 12.4 Å². The Labute approximate surface area is 217 Å². The highest BCUT2D eigenvalue weighted by Gasteiger charge is 2.26. The number of hydrogen-bond acceptors (Lipinski definition) is 4. The Morgan fingerprint density at radius 1 is 1.00 bits per heavy atom. The van der Waals surface area contributed by atoms with Crippen LogP contribution < -0.4 is 4.74 Å². The maximum absolute atomic E-state index is 10.9. The average molecular weight is 494 g/mol. The summed E-state index contributed by atoms with van der Waals surface area (Å²) in [4.78, 5) is 16.0. The zero-order valence-electron chi connectivity index (χ0n) is 21.2. The largest absolute Gasteiger partial charge is 0.482 e. The summed E-state index contributed by atoms with van der Waals surface area (Å²) in [5, 5.41) is 8.93. The number of hydrogen-bond donors (Lipinski definition) is 1. The van der Waals surface area contributed by atoms with Crippen molar-refractivity contribution in [2.75, 3.05) is 6.61 Å². The van der Waals surface area contributed by atoms with Crippen LogP contribution in [0.3, 0.4) is 0 Å². The predicted molar refractivity (Wildman–Crippen MR) is 145 cm³/mol. The third kappa shape index (κ3) is 5.83. The van der Waals surface area contributed by atoms with Crippen molar-refractivity contribution in [2.24, 2.45) is 5.92 Å². The van der Waals surface area contributed by atoms with Crippen LogP contribution in [0.25, 0.3) is 28.2 Å². The smallest absolute Gasteiger partial charge is 0.341 e. The van der Waals surface area contributed by atoms with Gasteiger partial charge in [0.05, 0.1) is 0 Å². The summed E-state index contributed by atoms with van der Waals surface area (Å²) in [5.74, 6) is 1.29. The van der Waals surface area contributed by atoms with Gasteiger partial charge in [0.25, 0.3) is 0 Å². The molecule has 0 saturated heterocycles. The highest BCUT2D eigenvalue weighted by molar-refractivity contribution is 5.79. The summed E-state index contributed by atoms with van der Waals surface area (Å²) in [5.41, 5.74) is 7.54. The number of aliphatic carboxylic acids is 1. The van der Waals surface area contributed by atoms with Crippen molar-refractivity contribution >= 4 is 11.5 Å². The van der Waals surface area contributed by atoms with Gasteiger partial charge < -0.3 is 14.3 Å². The minimum atomic E-state index is -0.986. The number of aryl methyl sites for hydroxylation is 2. The third-order valence-electron chi connectivity index (χ3n) is 6.82. The summed E-state index contributed by atoms with van der Waals surface area (Å²) in [7, 11) is 0. The maximum atomic E-state index is 10.9. The van der Waals surface area contributed by atoms with E-state index in [1.807, 2.05) is 12.1 Å². The number of allylic oxidation sites excluding steroid dienone is 2. The maximum Gasteiger partial charge on any atom is 0.341 e. The van der Waals surface area contributed by atoms with Crippen LogP contribution in [-0.4, -0.2) is 22.7 Å². The Morgan fingerprint density at radius 2 is 1.70 bits per heavy atom. The summed E-state index contributed by atoms with van der Waals surface area (Å²) >= 11 is 0. The molecule has 0 fully saturated rings. The topological polar surface area (TPSA) is 72.6 Å². The number of carboxylic acid groups (broad SMARTS) is 1. The van der Waals surface area contributed by atoms with E-state index < -0.39 is 5.97 Å². The number of carboxylic acids is 1. The molecule has 1 unspecified atom stereocenters. The Hall–Kier alpha value is -4.12. The van der Waals surface area contributed by atoms with Crippen molar-refractivity contribution < 1.29 is 19.1 Å². The highest BCUT2D eigenvalue weighted by atomic mass is 16.5. The van der Waals surface area contributed by atoms with Gasteiger partial charge in [-0.1, -0.05) is 77.9 Å². The Kier molecular flexibility index (Phi) is 7.22. The molecule has 188 valence electrons. The first-order chi connectivity index (χ1) is 18.0.